The van der Waals surface area contributed by atoms with Crippen molar-refractivity contribution in [2.45, 2.75) is 32.7 Å². The summed E-state index contributed by atoms with van der Waals surface area (Å²) in [6.07, 6.45) is 2.95. The van der Waals surface area contributed by atoms with Crippen LogP contribution >= 0.6 is 11.3 Å². The SMILES string of the molecule is Cc1cc(C)n(-c2ccc(C(=O)N3CCCC3C(=O)Nc3nc4ccccc4s3)cn2)n1. The highest BCUT2D eigenvalue weighted by Crippen LogP contribution is 2.27. The zero-order valence-electron chi connectivity index (χ0n) is 17.8. The minimum Gasteiger partial charge on any atom is -0.327 e. The minimum absolute atomic E-state index is 0.195. The van der Waals surface area contributed by atoms with Gasteiger partial charge in [-0.2, -0.15) is 5.10 Å². The molecule has 4 heterocycles. The molecular formula is C23H22N6O2S. The third-order valence-electron chi connectivity index (χ3n) is 5.56. The van der Waals surface area contributed by atoms with E-state index in [1.807, 2.05) is 44.2 Å². The topological polar surface area (TPSA) is 93.0 Å². The van der Waals surface area contributed by atoms with Gasteiger partial charge in [0.1, 0.15) is 6.04 Å². The molecule has 1 N–H and O–H groups in total. The monoisotopic (exact) mass is 446 g/mol. The highest BCUT2D eigenvalue weighted by molar-refractivity contribution is 7.22. The normalized spacial score (nSPS) is 15.9. The summed E-state index contributed by atoms with van der Waals surface area (Å²) in [7, 11) is 0. The molecule has 3 aromatic heterocycles. The minimum atomic E-state index is -0.523. The number of amides is 2. The van der Waals surface area contributed by atoms with Crippen molar-refractivity contribution in [2.75, 3.05) is 11.9 Å². The van der Waals surface area contributed by atoms with E-state index in [0.29, 0.717) is 29.5 Å². The Kier molecular flexibility index (Phi) is 5.18. The molecule has 0 aliphatic carbocycles. The van der Waals surface area contributed by atoms with E-state index in [1.165, 1.54) is 11.3 Å². The number of hydrogen-bond donors (Lipinski definition) is 1. The molecule has 0 radical (unpaired) electrons. The number of pyridine rings is 1. The number of para-hydroxylation sites is 1. The van der Waals surface area contributed by atoms with E-state index in [1.54, 1.807) is 27.9 Å². The molecule has 9 heteroatoms. The molecule has 1 atom stereocenters. The van der Waals surface area contributed by atoms with Gasteiger partial charge in [-0.3, -0.25) is 9.59 Å². The van der Waals surface area contributed by atoms with E-state index in [0.717, 1.165) is 28.0 Å². The summed E-state index contributed by atoms with van der Waals surface area (Å²) in [5, 5.41) is 7.87. The van der Waals surface area contributed by atoms with Gasteiger partial charge in [-0.25, -0.2) is 14.6 Å². The molecule has 5 rings (SSSR count). The number of rotatable bonds is 4. The number of likely N-dealkylation sites (tertiary alicyclic amines) is 1. The van der Waals surface area contributed by atoms with Crippen LogP contribution in [-0.4, -0.2) is 49.0 Å². The zero-order chi connectivity index (χ0) is 22.2. The highest BCUT2D eigenvalue weighted by atomic mass is 32.1. The lowest BCUT2D eigenvalue weighted by Crippen LogP contribution is -2.43. The van der Waals surface area contributed by atoms with Crippen molar-refractivity contribution >= 4 is 38.5 Å². The Hall–Kier alpha value is -3.59. The van der Waals surface area contributed by atoms with E-state index in [2.05, 4.69) is 20.4 Å². The smallest absolute Gasteiger partial charge is 0.256 e. The van der Waals surface area contributed by atoms with Crippen LogP contribution < -0.4 is 5.32 Å². The van der Waals surface area contributed by atoms with Crippen molar-refractivity contribution in [3.63, 3.8) is 0 Å². The number of nitrogens with zero attached hydrogens (tertiary/aromatic N) is 5. The molecule has 1 unspecified atom stereocenters. The first-order chi connectivity index (χ1) is 15.5. The van der Waals surface area contributed by atoms with Crippen LogP contribution in [0.2, 0.25) is 0 Å². The lowest BCUT2D eigenvalue weighted by molar-refractivity contribution is -0.119. The van der Waals surface area contributed by atoms with Gasteiger partial charge in [-0.1, -0.05) is 23.5 Å². The standard InChI is InChI=1S/C23H22N6O2S/c1-14-12-15(2)29(27-14)20-10-9-16(13-24-20)22(31)28-11-5-7-18(28)21(30)26-23-25-17-6-3-4-8-19(17)32-23/h3-4,6,8-10,12-13,18H,5,7,11H2,1-2H3,(H,25,26,30). The average Bonchev–Trinajstić information content (AvgIpc) is 3.51. The third kappa shape index (κ3) is 3.75. The van der Waals surface area contributed by atoms with Crippen LogP contribution in [-0.2, 0) is 4.79 Å². The fraction of sp³-hybridized carbons (Fsp3) is 0.261. The Bertz CT molecular complexity index is 1280. The van der Waals surface area contributed by atoms with Gasteiger partial charge in [0.05, 0.1) is 21.5 Å². The van der Waals surface area contributed by atoms with Gasteiger partial charge in [0.15, 0.2) is 10.9 Å². The second-order valence-corrected chi connectivity index (χ2v) is 8.91. The summed E-state index contributed by atoms with van der Waals surface area (Å²) < 4.78 is 2.75. The summed E-state index contributed by atoms with van der Waals surface area (Å²) in [5.41, 5.74) is 3.18. The van der Waals surface area contributed by atoms with Crippen molar-refractivity contribution in [1.29, 1.82) is 0 Å². The number of hydrogen-bond acceptors (Lipinski definition) is 6. The van der Waals surface area contributed by atoms with Gasteiger partial charge in [0, 0.05) is 18.4 Å². The number of benzene rings is 1. The number of carbonyl (C=O) groups is 2. The zero-order valence-corrected chi connectivity index (χ0v) is 18.6. The third-order valence-corrected chi connectivity index (χ3v) is 6.51. The molecule has 1 aliphatic heterocycles. The summed E-state index contributed by atoms with van der Waals surface area (Å²) in [4.78, 5) is 36.6. The molecule has 1 aliphatic rings. The predicted molar refractivity (Wildman–Crippen MR) is 123 cm³/mol. The molecule has 0 bridgehead atoms. The second-order valence-electron chi connectivity index (χ2n) is 7.88. The van der Waals surface area contributed by atoms with Crippen LogP contribution in [0.5, 0.6) is 0 Å². The Labute approximate surface area is 188 Å². The number of thiazole rings is 1. The lowest BCUT2D eigenvalue weighted by Gasteiger charge is -2.23. The van der Waals surface area contributed by atoms with Gasteiger partial charge in [0.2, 0.25) is 5.91 Å². The number of aryl methyl sites for hydroxylation is 2. The number of carbonyl (C=O) groups excluding carboxylic acids is 2. The van der Waals surface area contributed by atoms with Gasteiger partial charge in [-0.05, 0) is 57.0 Å². The van der Waals surface area contributed by atoms with Crippen LogP contribution in [0.15, 0.2) is 48.7 Å². The maximum Gasteiger partial charge on any atom is 0.256 e. The first kappa shape index (κ1) is 20.3. The van der Waals surface area contributed by atoms with Crippen LogP contribution in [0.4, 0.5) is 5.13 Å². The van der Waals surface area contributed by atoms with Crippen molar-refractivity contribution < 1.29 is 9.59 Å². The average molecular weight is 447 g/mol. The molecular weight excluding hydrogens is 424 g/mol. The van der Waals surface area contributed by atoms with E-state index in [9.17, 15) is 9.59 Å². The fourth-order valence-corrected chi connectivity index (χ4v) is 4.93. The van der Waals surface area contributed by atoms with E-state index < -0.39 is 6.04 Å². The molecule has 0 saturated carbocycles. The van der Waals surface area contributed by atoms with Crippen LogP contribution in [0.1, 0.15) is 34.6 Å². The Morgan fingerprint density at radius 2 is 2.00 bits per heavy atom. The Balaban J connectivity index is 1.31. The maximum absolute atomic E-state index is 13.1. The Morgan fingerprint density at radius 3 is 2.72 bits per heavy atom. The largest absolute Gasteiger partial charge is 0.327 e. The first-order valence-corrected chi connectivity index (χ1v) is 11.3. The molecule has 0 spiro atoms. The molecule has 1 saturated heterocycles. The van der Waals surface area contributed by atoms with Crippen LogP contribution in [0.25, 0.3) is 16.0 Å². The van der Waals surface area contributed by atoms with Crippen molar-refractivity contribution in [1.82, 2.24) is 24.6 Å². The van der Waals surface area contributed by atoms with Gasteiger partial charge < -0.3 is 10.2 Å². The number of anilines is 1. The molecule has 162 valence electrons. The van der Waals surface area contributed by atoms with E-state index in [4.69, 9.17) is 0 Å². The van der Waals surface area contributed by atoms with Crippen LogP contribution in [0.3, 0.4) is 0 Å². The lowest BCUT2D eigenvalue weighted by atomic mass is 10.2. The summed E-state index contributed by atoms with van der Waals surface area (Å²) in [6.45, 7) is 4.42. The molecule has 1 fully saturated rings. The second kappa shape index (κ2) is 8.16. The quantitative estimate of drug-likeness (QED) is 0.516. The number of aromatic nitrogens is 4. The summed E-state index contributed by atoms with van der Waals surface area (Å²) >= 11 is 1.43. The predicted octanol–water partition coefficient (Wildman–Crippen LogP) is 3.74. The molecule has 32 heavy (non-hydrogen) atoms. The molecule has 4 aromatic rings. The van der Waals surface area contributed by atoms with Gasteiger partial charge >= 0.3 is 0 Å². The molecule has 1 aromatic carbocycles. The number of fused-ring (bicyclic) bond motifs is 1. The van der Waals surface area contributed by atoms with Gasteiger partial charge in [-0.15, -0.1) is 0 Å². The van der Waals surface area contributed by atoms with Crippen LogP contribution in [0, 0.1) is 13.8 Å². The van der Waals surface area contributed by atoms with Crippen molar-refractivity contribution in [3.05, 3.63) is 65.6 Å². The maximum atomic E-state index is 13.1. The van der Waals surface area contributed by atoms with E-state index in [-0.39, 0.29) is 11.8 Å². The Morgan fingerprint density at radius 1 is 1.16 bits per heavy atom. The summed E-state index contributed by atoms with van der Waals surface area (Å²) in [5.74, 6) is 0.250. The highest BCUT2D eigenvalue weighted by Gasteiger charge is 2.35. The van der Waals surface area contributed by atoms with Crippen molar-refractivity contribution in [2.24, 2.45) is 0 Å². The van der Waals surface area contributed by atoms with Gasteiger partial charge in [0.25, 0.3) is 5.91 Å². The summed E-state index contributed by atoms with van der Waals surface area (Å²) in [6, 6.07) is 12.7. The fourth-order valence-electron chi connectivity index (χ4n) is 4.06. The first-order valence-electron chi connectivity index (χ1n) is 10.5. The van der Waals surface area contributed by atoms with E-state index >= 15 is 0 Å². The number of nitrogens with one attached hydrogen (secondary N) is 1. The van der Waals surface area contributed by atoms with Crippen molar-refractivity contribution in [3.8, 4) is 5.82 Å². The molecule has 8 nitrogen and oxygen atoms in total. The molecule has 2 amide bonds.